The quantitative estimate of drug-likeness (QED) is 0.619. The van der Waals surface area contributed by atoms with Crippen LogP contribution in [0.15, 0.2) is 33.9 Å². The second kappa shape index (κ2) is 6.21. The average molecular weight is 314 g/mol. The van der Waals surface area contributed by atoms with Crippen molar-refractivity contribution < 1.29 is 9.63 Å². The standard InChI is InChI=1S/C12H12BrNO2S/c13-10-3-1-9(2-4-10)12(15)16-14-11-5-7-17-8-6-11/h1-4H,5-8H2. The first-order chi connectivity index (χ1) is 8.25. The summed E-state index contributed by atoms with van der Waals surface area (Å²) in [6.45, 7) is 0. The van der Waals surface area contributed by atoms with Gasteiger partial charge in [0, 0.05) is 4.47 Å². The molecule has 0 radical (unpaired) electrons. The first kappa shape index (κ1) is 12.6. The van der Waals surface area contributed by atoms with Crippen LogP contribution in [0.5, 0.6) is 0 Å². The molecule has 0 aliphatic carbocycles. The zero-order chi connectivity index (χ0) is 12.1. The summed E-state index contributed by atoms with van der Waals surface area (Å²) in [6, 6.07) is 7.04. The molecule has 1 saturated heterocycles. The molecule has 0 saturated carbocycles. The molecular weight excluding hydrogens is 302 g/mol. The molecule has 90 valence electrons. The highest BCUT2D eigenvalue weighted by atomic mass is 79.9. The van der Waals surface area contributed by atoms with Gasteiger partial charge in [0.1, 0.15) is 0 Å². The van der Waals surface area contributed by atoms with Crippen molar-refractivity contribution in [1.29, 1.82) is 0 Å². The molecule has 0 atom stereocenters. The van der Waals surface area contributed by atoms with Crippen LogP contribution in [-0.4, -0.2) is 23.2 Å². The molecule has 5 heteroatoms. The second-order valence-corrected chi connectivity index (χ2v) is 5.80. The molecule has 1 aromatic rings. The van der Waals surface area contributed by atoms with Crippen molar-refractivity contribution in [3.05, 3.63) is 34.3 Å². The summed E-state index contributed by atoms with van der Waals surface area (Å²) in [7, 11) is 0. The number of rotatable bonds is 2. The molecule has 0 aromatic heterocycles. The van der Waals surface area contributed by atoms with Crippen LogP contribution in [0, 0.1) is 0 Å². The van der Waals surface area contributed by atoms with Crippen LogP contribution < -0.4 is 0 Å². The van der Waals surface area contributed by atoms with Crippen LogP contribution in [0.4, 0.5) is 0 Å². The maximum Gasteiger partial charge on any atom is 0.365 e. The van der Waals surface area contributed by atoms with Crippen LogP contribution in [0.1, 0.15) is 23.2 Å². The van der Waals surface area contributed by atoms with Crippen molar-refractivity contribution in [2.45, 2.75) is 12.8 Å². The van der Waals surface area contributed by atoms with Crippen molar-refractivity contribution in [3.63, 3.8) is 0 Å². The first-order valence-corrected chi connectivity index (χ1v) is 7.31. The minimum absolute atomic E-state index is 0.400. The highest BCUT2D eigenvalue weighted by Gasteiger charge is 2.10. The second-order valence-electron chi connectivity index (χ2n) is 3.66. The van der Waals surface area contributed by atoms with E-state index in [1.807, 2.05) is 11.8 Å². The summed E-state index contributed by atoms with van der Waals surface area (Å²) in [4.78, 5) is 16.6. The van der Waals surface area contributed by atoms with Gasteiger partial charge in [-0.1, -0.05) is 21.1 Å². The number of carbonyl (C=O) groups excluding carboxylic acids is 1. The Morgan fingerprint density at radius 1 is 1.24 bits per heavy atom. The van der Waals surface area contributed by atoms with Gasteiger partial charge in [-0.15, -0.1) is 0 Å². The van der Waals surface area contributed by atoms with Crippen LogP contribution in [0.2, 0.25) is 0 Å². The molecule has 0 spiro atoms. The van der Waals surface area contributed by atoms with Crippen molar-refractivity contribution in [2.24, 2.45) is 5.16 Å². The van der Waals surface area contributed by atoms with Crippen molar-refractivity contribution in [1.82, 2.24) is 0 Å². The first-order valence-electron chi connectivity index (χ1n) is 5.36. The van der Waals surface area contributed by atoms with E-state index in [1.54, 1.807) is 24.3 Å². The molecule has 17 heavy (non-hydrogen) atoms. The Balaban J connectivity index is 1.94. The molecule has 1 aromatic carbocycles. The number of carbonyl (C=O) groups is 1. The third kappa shape index (κ3) is 3.85. The van der Waals surface area contributed by atoms with Gasteiger partial charge in [-0.05, 0) is 48.6 Å². The van der Waals surface area contributed by atoms with E-state index in [9.17, 15) is 4.79 Å². The molecule has 1 heterocycles. The summed E-state index contributed by atoms with van der Waals surface area (Å²) in [5, 5.41) is 3.92. The van der Waals surface area contributed by atoms with Crippen LogP contribution in [0.3, 0.4) is 0 Å². The van der Waals surface area contributed by atoms with Crippen molar-refractivity contribution >= 4 is 39.4 Å². The molecule has 0 bridgehead atoms. The fraction of sp³-hybridized carbons (Fsp3) is 0.333. The predicted molar refractivity (Wildman–Crippen MR) is 73.6 cm³/mol. The Kier molecular flexibility index (Phi) is 4.62. The smallest absolute Gasteiger partial charge is 0.313 e. The normalized spacial score (nSPS) is 15.5. The van der Waals surface area contributed by atoms with Gasteiger partial charge in [0.2, 0.25) is 0 Å². The van der Waals surface area contributed by atoms with Gasteiger partial charge in [-0.2, -0.15) is 11.8 Å². The lowest BCUT2D eigenvalue weighted by Gasteiger charge is -2.10. The van der Waals surface area contributed by atoms with Crippen LogP contribution in [0.25, 0.3) is 0 Å². The van der Waals surface area contributed by atoms with E-state index < -0.39 is 5.97 Å². The number of nitrogens with zero attached hydrogens (tertiary/aromatic N) is 1. The molecule has 1 fully saturated rings. The Hall–Kier alpha value is -0.810. The lowest BCUT2D eigenvalue weighted by Crippen LogP contribution is -2.10. The monoisotopic (exact) mass is 313 g/mol. The maximum atomic E-state index is 11.6. The summed E-state index contributed by atoms with van der Waals surface area (Å²) in [6.07, 6.45) is 1.83. The van der Waals surface area contributed by atoms with E-state index in [2.05, 4.69) is 21.1 Å². The molecule has 0 N–H and O–H groups in total. The zero-order valence-electron chi connectivity index (χ0n) is 9.19. The van der Waals surface area contributed by atoms with Gasteiger partial charge in [0.05, 0.1) is 11.3 Å². The molecule has 1 aliphatic rings. The molecule has 3 nitrogen and oxygen atoms in total. The van der Waals surface area contributed by atoms with Gasteiger partial charge in [0.15, 0.2) is 0 Å². The number of benzene rings is 1. The lowest BCUT2D eigenvalue weighted by atomic mass is 10.2. The van der Waals surface area contributed by atoms with E-state index in [0.717, 1.165) is 34.5 Å². The van der Waals surface area contributed by atoms with Gasteiger partial charge in [0.25, 0.3) is 0 Å². The van der Waals surface area contributed by atoms with E-state index >= 15 is 0 Å². The Morgan fingerprint density at radius 2 is 1.88 bits per heavy atom. The third-order valence-electron chi connectivity index (χ3n) is 2.41. The topological polar surface area (TPSA) is 38.7 Å². The fourth-order valence-electron chi connectivity index (χ4n) is 1.44. The molecule has 2 rings (SSSR count). The van der Waals surface area contributed by atoms with Crippen LogP contribution in [-0.2, 0) is 4.84 Å². The Morgan fingerprint density at radius 3 is 2.53 bits per heavy atom. The number of oxime groups is 1. The Labute approximate surface area is 113 Å². The number of hydrogen-bond donors (Lipinski definition) is 0. The van der Waals surface area contributed by atoms with E-state index in [4.69, 9.17) is 4.84 Å². The highest BCUT2D eigenvalue weighted by molar-refractivity contribution is 9.10. The largest absolute Gasteiger partial charge is 0.365 e. The number of halogens is 1. The van der Waals surface area contributed by atoms with E-state index in [1.165, 1.54) is 0 Å². The minimum Gasteiger partial charge on any atom is -0.313 e. The molecule has 0 unspecified atom stereocenters. The third-order valence-corrected chi connectivity index (χ3v) is 3.92. The van der Waals surface area contributed by atoms with E-state index in [-0.39, 0.29) is 0 Å². The zero-order valence-corrected chi connectivity index (χ0v) is 11.6. The van der Waals surface area contributed by atoms with Crippen LogP contribution >= 0.6 is 27.7 Å². The van der Waals surface area contributed by atoms with Gasteiger partial charge in [-0.25, -0.2) is 4.79 Å². The number of thioether (sulfide) groups is 1. The molecule has 1 aliphatic heterocycles. The SMILES string of the molecule is O=C(ON=C1CCSCC1)c1ccc(Br)cc1. The fourth-order valence-corrected chi connectivity index (χ4v) is 2.67. The summed E-state index contributed by atoms with van der Waals surface area (Å²) < 4.78 is 0.935. The van der Waals surface area contributed by atoms with Gasteiger partial charge < -0.3 is 4.84 Å². The van der Waals surface area contributed by atoms with Crippen molar-refractivity contribution in [3.8, 4) is 0 Å². The predicted octanol–water partition coefficient (Wildman–Crippen LogP) is 3.49. The molecular formula is C12H12BrNO2S. The van der Waals surface area contributed by atoms with Crippen molar-refractivity contribution in [2.75, 3.05) is 11.5 Å². The lowest BCUT2D eigenvalue weighted by molar-refractivity contribution is 0.0514. The number of hydrogen-bond acceptors (Lipinski definition) is 4. The average Bonchev–Trinajstić information content (AvgIpc) is 2.38. The van der Waals surface area contributed by atoms with Gasteiger partial charge in [-0.3, -0.25) is 0 Å². The maximum absolute atomic E-state index is 11.6. The highest BCUT2D eigenvalue weighted by Crippen LogP contribution is 2.15. The van der Waals surface area contributed by atoms with Gasteiger partial charge >= 0.3 is 5.97 Å². The summed E-state index contributed by atoms with van der Waals surface area (Å²) >= 11 is 5.22. The minimum atomic E-state index is -0.400. The summed E-state index contributed by atoms with van der Waals surface area (Å²) in [5.74, 6) is 1.73. The molecule has 0 amide bonds. The summed E-state index contributed by atoms with van der Waals surface area (Å²) in [5.41, 5.74) is 1.50. The van der Waals surface area contributed by atoms with E-state index in [0.29, 0.717) is 5.56 Å². The Bertz CT molecular complexity index is 423.